The lowest BCUT2D eigenvalue weighted by Gasteiger charge is -2.08. The highest BCUT2D eigenvalue weighted by molar-refractivity contribution is 6.14. The highest BCUT2D eigenvalue weighted by Gasteiger charge is 2.29. The van der Waals surface area contributed by atoms with E-state index in [0.717, 1.165) is 11.5 Å². The van der Waals surface area contributed by atoms with Gasteiger partial charge in [-0.1, -0.05) is 36.4 Å². The topological polar surface area (TPSA) is 91.3 Å². The third kappa shape index (κ3) is 6.61. The summed E-state index contributed by atoms with van der Waals surface area (Å²) < 4.78 is 21.5. The van der Waals surface area contributed by atoms with Crippen molar-refractivity contribution < 1.29 is 33.6 Å². The van der Waals surface area contributed by atoms with Crippen molar-refractivity contribution in [2.75, 3.05) is 0 Å². The number of carbonyl (C=O) groups excluding carboxylic acids is 2. The number of hydrogen-bond donors (Lipinski definition) is 1. The summed E-state index contributed by atoms with van der Waals surface area (Å²) in [5, 5.41) is 9.07. The van der Waals surface area contributed by atoms with Crippen LogP contribution in [0, 0.1) is 0 Å². The number of hydrogen-bond acceptors (Lipinski definition) is 7. The summed E-state index contributed by atoms with van der Waals surface area (Å²) in [5.74, 6) is 2.92. The number of para-hydroxylation sites is 2. The molecule has 0 aliphatic carbocycles. The number of benzene rings is 5. The SMILES string of the molecule is O=C1OC(=O)c2cc(Oc3ccc(Oc4ccccc4)cc3)ccc21.Oc1ccc(Oc2ccccc2)cc1. The molecule has 0 fully saturated rings. The minimum Gasteiger partial charge on any atom is -0.508 e. The molecule has 0 saturated carbocycles. The Labute approximate surface area is 224 Å². The van der Waals surface area contributed by atoms with Gasteiger partial charge in [0.1, 0.15) is 40.2 Å². The molecule has 1 heterocycles. The van der Waals surface area contributed by atoms with E-state index in [1.165, 1.54) is 12.1 Å². The Balaban J connectivity index is 0.000000186. The van der Waals surface area contributed by atoms with Gasteiger partial charge in [-0.25, -0.2) is 9.59 Å². The van der Waals surface area contributed by atoms with Crippen molar-refractivity contribution in [2.24, 2.45) is 0 Å². The van der Waals surface area contributed by atoms with E-state index in [4.69, 9.17) is 19.3 Å². The third-order valence-electron chi connectivity index (χ3n) is 5.47. The fourth-order valence-corrected chi connectivity index (χ4v) is 3.60. The summed E-state index contributed by atoms with van der Waals surface area (Å²) in [7, 11) is 0. The zero-order valence-electron chi connectivity index (χ0n) is 20.5. The predicted octanol–water partition coefficient (Wildman–Crippen LogP) is 7.77. The van der Waals surface area contributed by atoms with Crippen LogP contribution in [0.1, 0.15) is 20.7 Å². The smallest absolute Gasteiger partial charge is 0.347 e. The average molecular weight is 519 g/mol. The van der Waals surface area contributed by atoms with Crippen LogP contribution < -0.4 is 14.2 Å². The van der Waals surface area contributed by atoms with Crippen LogP contribution in [-0.4, -0.2) is 17.0 Å². The first-order chi connectivity index (χ1) is 19.0. The van der Waals surface area contributed by atoms with Gasteiger partial charge in [-0.2, -0.15) is 0 Å². The molecule has 7 heteroatoms. The highest BCUT2D eigenvalue weighted by Crippen LogP contribution is 2.30. The Morgan fingerprint density at radius 2 is 0.821 bits per heavy atom. The first-order valence-electron chi connectivity index (χ1n) is 12.0. The van der Waals surface area contributed by atoms with E-state index in [2.05, 4.69) is 4.74 Å². The second kappa shape index (κ2) is 11.7. The van der Waals surface area contributed by atoms with Crippen LogP contribution in [-0.2, 0) is 4.74 Å². The molecule has 0 aromatic heterocycles. The summed E-state index contributed by atoms with van der Waals surface area (Å²) in [4.78, 5) is 23.0. The van der Waals surface area contributed by atoms with Gasteiger partial charge >= 0.3 is 11.9 Å². The van der Waals surface area contributed by atoms with Crippen LogP contribution in [0.5, 0.6) is 40.2 Å². The van der Waals surface area contributed by atoms with Gasteiger partial charge < -0.3 is 24.1 Å². The van der Waals surface area contributed by atoms with Crippen LogP contribution >= 0.6 is 0 Å². The van der Waals surface area contributed by atoms with Gasteiger partial charge in [0.05, 0.1) is 11.1 Å². The Bertz CT molecular complexity index is 1560. The molecule has 0 unspecified atom stereocenters. The molecular formula is C32H22O7. The number of aromatic hydroxyl groups is 1. The van der Waals surface area contributed by atoms with Crippen molar-refractivity contribution in [3.8, 4) is 40.2 Å². The molecule has 1 N–H and O–H groups in total. The van der Waals surface area contributed by atoms with E-state index in [1.54, 1.807) is 54.6 Å². The standard InChI is InChI=1S/C20H12O5.C12H10O2/c21-19-17-11-10-16(12-18(17)20(22)25-19)24-15-8-6-14(7-9-15)23-13-4-2-1-3-5-13;13-10-6-8-12(9-7-10)14-11-4-2-1-3-5-11/h1-12H;1-9,13H. The first kappa shape index (κ1) is 25.1. The number of phenols is 1. The summed E-state index contributed by atoms with van der Waals surface area (Å²) in [5.41, 5.74) is 0.468. The average Bonchev–Trinajstić information content (AvgIpc) is 3.25. The molecule has 1 aliphatic rings. The summed E-state index contributed by atoms with van der Waals surface area (Å²) in [6.45, 7) is 0. The number of esters is 2. The molecule has 0 spiro atoms. The largest absolute Gasteiger partial charge is 0.508 e. The van der Waals surface area contributed by atoms with Gasteiger partial charge in [-0.15, -0.1) is 0 Å². The number of carbonyl (C=O) groups is 2. The fourth-order valence-electron chi connectivity index (χ4n) is 3.60. The van der Waals surface area contributed by atoms with Crippen molar-refractivity contribution in [3.63, 3.8) is 0 Å². The van der Waals surface area contributed by atoms with Crippen molar-refractivity contribution in [1.29, 1.82) is 0 Å². The van der Waals surface area contributed by atoms with E-state index >= 15 is 0 Å². The lowest BCUT2D eigenvalue weighted by Crippen LogP contribution is -1.96. The lowest BCUT2D eigenvalue weighted by molar-refractivity contribution is 0.0443. The Kier molecular flexibility index (Phi) is 7.51. The number of cyclic esters (lactones) is 2. The lowest BCUT2D eigenvalue weighted by atomic mass is 10.1. The Hall–Kier alpha value is -5.56. The van der Waals surface area contributed by atoms with Crippen molar-refractivity contribution in [2.45, 2.75) is 0 Å². The number of rotatable bonds is 6. The van der Waals surface area contributed by atoms with Crippen molar-refractivity contribution in [3.05, 3.63) is 139 Å². The maximum absolute atomic E-state index is 11.6. The minimum absolute atomic E-state index is 0.214. The van der Waals surface area contributed by atoms with E-state index in [1.807, 2.05) is 60.7 Å². The Morgan fingerprint density at radius 3 is 1.33 bits per heavy atom. The van der Waals surface area contributed by atoms with Crippen LogP contribution in [0.15, 0.2) is 127 Å². The second-order valence-corrected chi connectivity index (χ2v) is 8.28. The Morgan fingerprint density at radius 1 is 0.436 bits per heavy atom. The monoisotopic (exact) mass is 518 g/mol. The van der Waals surface area contributed by atoms with Crippen LogP contribution in [0.2, 0.25) is 0 Å². The van der Waals surface area contributed by atoms with E-state index in [-0.39, 0.29) is 16.9 Å². The zero-order valence-corrected chi connectivity index (χ0v) is 20.5. The molecule has 7 nitrogen and oxygen atoms in total. The predicted molar refractivity (Wildman–Crippen MR) is 144 cm³/mol. The van der Waals surface area contributed by atoms with E-state index in [9.17, 15) is 9.59 Å². The van der Waals surface area contributed by atoms with E-state index in [0.29, 0.717) is 23.0 Å². The van der Waals surface area contributed by atoms with Gasteiger partial charge in [0, 0.05) is 0 Å². The van der Waals surface area contributed by atoms with Crippen molar-refractivity contribution >= 4 is 11.9 Å². The van der Waals surface area contributed by atoms with Gasteiger partial charge in [-0.3, -0.25) is 0 Å². The molecule has 5 aromatic rings. The number of phenolic OH excluding ortho intramolecular Hbond substituents is 1. The number of ether oxygens (including phenoxy) is 4. The van der Waals surface area contributed by atoms with Gasteiger partial charge in [0.15, 0.2) is 0 Å². The summed E-state index contributed by atoms with van der Waals surface area (Å²) >= 11 is 0. The molecule has 1 aliphatic heterocycles. The molecule has 6 rings (SSSR count). The molecular weight excluding hydrogens is 496 g/mol. The molecule has 0 saturated heterocycles. The molecule has 5 aromatic carbocycles. The zero-order chi connectivity index (χ0) is 27.0. The van der Waals surface area contributed by atoms with Gasteiger partial charge in [0.25, 0.3) is 0 Å². The minimum atomic E-state index is -0.656. The van der Waals surface area contributed by atoms with Crippen LogP contribution in [0.25, 0.3) is 0 Å². The first-order valence-corrected chi connectivity index (χ1v) is 12.0. The quantitative estimate of drug-likeness (QED) is 0.181. The molecule has 0 atom stereocenters. The molecule has 0 amide bonds. The normalized spacial score (nSPS) is 11.5. The van der Waals surface area contributed by atoms with Crippen molar-refractivity contribution in [1.82, 2.24) is 0 Å². The number of fused-ring (bicyclic) bond motifs is 1. The molecule has 192 valence electrons. The highest BCUT2D eigenvalue weighted by atomic mass is 16.6. The third-order valence-corrected chi connectivity index (χ3v) is 5.47. The van der Waals surface area contributed by atoms with Gasteiger partial charge in [0.2, 0.25) is 0 Å². The fraction of sp³-hybridized carbons (Fsp3) is 0. The summed E-state index contributed by atoms with van der Waals surface area (Å²) in [6, 6.07) is 37.3. The van der Waals surface area contributed by atoms with E-state index < -0.39 is 11.9 Å². The maximum Gasteiger partial charge on any atom is 0.347 e. The van der Waals surface area contributed by atoms with Crippen LogP contribution in [0.4, 0.5) is 0 Å². The molecule has 39 heavy (non-hydrogen) atoms. The van der Waals surface area contributed by atoms with Crippen LogP contribution in [0.3, 0.4) is 0 Å². The van der Waals surface area contributed by atoms with Gasteiger partial charge in [-0.05, 0) is 91.0 Å². The molecule has 0 radical (unpaired) electrons. The summed E-state index contributed by atoms with van der Waals surface area (Å²) in [6.07, 6.45) is 0. The maximum atomic E-state index is 11.6. The molecule has 0 bridgehead atoms. The second-order valence-electron chi connectivity index (χ2n) is 8.28.